The van der Waals surface area contributed by atoms with Gasteiger partial charge in [0.1, 0.15) is 8.07 Å². The number of ether oxygens (including phenoxy) is 1. The van der Waals surface area contributed by atoms with E-state index in [1.54, 1.807) is 0 Å². The van der Waals surface area contributed by atoms with Gasteiger partial charge in [0, 0.05) is 6.42 Å². The van der Waals surface area contributed by atoms with Crippen molar-refractivity contribution >= 4 is 14.0 Å². The zero-order valence-corrected chi connectivity index (χ0v) is 9.73. The largest absolute Gasteiger partial charge is 0.446 e. The highest BCUT2D eigenvalue weighted by Crippen LogP contribution is 2.25. The zero-order valence-electron chi connectivity index (χ0n) is 8.73. The van der Waals surface area contributed by atoms with Gasteiger partial charge < -0.3 is 4.74 Å². The predicted octanol–water partition coefficient (Wildman–Crippen LogP) is 1.96. The summed E-state index contributed by atoms with van der Waals surface area (Å²) in [4.78, 5) is 10.9. The molecule has 0 N–H and O–H groups in total. The standard InChI is InChI=1S/C10H16O2Si/c1-10(6-5-9(11)12-10)7-8-13(2,3)4/h5-6H2,1-4H3. The number of hydrogen-bond donors (Lipinski definition) is 0. The number of hydrogen-bond acceptors (Lipinski definition) is 2. The van der Waals surface area contributed by atoms with Gasteiger partial charge in [-0.25, -0.2) is 0 Å². The van der Waals surface area contributed by atoms with Crippen molar-refractivity contribution in [2.75, 3.05) is 0 Å². The van der Waals surface area contributed by atoms with Gasteiger partial charge in [0.15, 0.2) is 5.60 Å². The smallest absolute Gasteiger partial charge is 0.307 e. The molecule has 1 fully saturated rings. The lowest BCUT2D eigenvalue weighted by atomic mass is 10.1. The van der Waals surface area contributed by atoms with Gasteiger partial charge in [0.2, 0.25) is 0 Å². The Hall–Kier alpha value is -0.753. The lowest BCUT2D eigenvalue weighted by molar-refractivity contribution is -0.143. The summed E-state index contributed by atoms with van der Waals surface area (Å²) in [5, 5.41) is 0. The summed E-state index contributed by atoms with van der Waals surface area (Å²) in [6.07, 6.45) is 1.25. The summed E-state index contributed by atoms with van der Waals surface area (Å²) in [7, 11) is -1.35. The van der Waals surface area contributed by atoms with Crippen LogP contribution in [0.25, 0.3) is 0 Å². The van der Waals surface area contributed by atoms with Crippen molar-refractivity contribution in [3.8, 4) is 11.5 Å². The van der Waals surface area contributed by atoms with Crippen LogP contribution in [-0.2, 0) is 9.53 Å². The van der Waals surface area contributed by atoms with E-state index in [-0.39, 0.29) is 5.97 Å². The Morgan fingerprint density at radius 2 is 2.08 bits per heavy atom. The third-order valence-electron chi connectivity index (χ3n) is 1.85. The fourth-order valence-electron chi connectivity index (χ4n) is 1.10. The van der Waals surface area contributed by atoms with Crippen molar-refractivity contribution in [2.24, 2.45) is 0 Å². The van der Waals surface area contributed by atoms with E-state index in [1.165, 1.54) is 0 Å². The van der Waals surface area contributed by atoms with Crippen LogP contribution in [0.2, 0.25) is 19.6 Å². The molecule has 1 heterocycles. The minimum atomic E-state index is -1.35. The molecule has 0 amide bonds. The first-order chi connectivity index (χ1) is 5.81. The van der Waals surface area contributed by atoms with E-state index in [0.29, 0.717) is 6.42 Å². The molecule has 1 aliphatic heterocycles. The van der Waals surface area contributed by atoms with Crippen LogP contribution >= 0.6 is 0 Å². The van der Waals surface area contributed by atoms with Crippen molar-refractivity contribution in [1.82, 2.24) is 0 Å². The second-order valence-electron chi connectivity index (χ2n) is 4.70. The summed E-state index contributed by atoms with van der Waals surface area (Å²) >= 11 is 0. The molecule has 1 atom stereocenters. The quantitative estimate of drug-likeness (QED) is 0.336. The molecular formula is C10H16O2Si. The minimum Gasteiger partial charge on any atom is -0.446 e. The molecule has 0 aromatic carbocycles. The second kappa shape index (κ2) is 3.19. The Labute approximate surface area is 80.7 Å². The molecule has 1 aliphatic rings. The van der Waals surface area contributed by atoms with E-state index >= 15 is 0 Å². The first kappa shape index (κ1) is 10.3. The molecule has 0 aromatic rings. The third kappa shape index (κ3) is 3.23. The number of carbonyl (C=O) groups excluding carboxylic acids is 1. The Bertz CT molecular complexity index is 280. The van der Waals surface area contributed by atoms with Gasteiger partial charge >= 0.3 is 5.97 Å². The van der Waals surface area contributed by atoms with Gasteiger partial charge in [-0.15, -0.1) is 5.54 Å². The number of cyclic esters (lactones) is 1. The molecule has 0 radical (unpaired) electrons. The first-order valence-corrected chi connectivity index (χ1v) is 8.07. The van der Waals surface area contributed by atoms with Crippen LogP contribution in [0, 0.1) is 11.5 Å². The van der Waals surface area contributed by atoms with Crippen molar-refractivity contribution in [2.45, 2.75) is 45.0 Å². The van der Waals surface area contributed by atoms with Gasteiger partial charge in [-0.05, 0) is 6.92 Å². The molecular weight excluding hydrogens is 180 g/mol. The number of esters is 1. The van der Waals surface area contributed by atoms with E-state index in [4.69, 9.17) is 4.74 Å². The van der Waals surface area contributed by atoms with Crippen molar-refractivity contribution in [3.05, 3.63) is 0 Å². The SMILES string of the molecule is CC1(C#C[Si](C)(C)C)CCC(=O)O1. The Morgan fingerprint density at radius 3 is 2.46 bits per heavy atom. The Kier molecular flexibility index (Phi) is 2.53. The third-order valence-corrected chi connectivity index (χ3v) is 2.72. The molecule has 0 bridgehead atoms. The van der Waals surface area contributed by atoms with Crippen molar-refractivity contribution in [3.63, 3.8) is 0 Å². The lowest BCUT2D eigenvalue weighted by Crippen LogP contribution is -2.24. The normalized spacial score (nSPS) is 27.8. The van der Waals surface area contributed by atoms with Gasteiger partial charge in [-0.3, -0.25) is 4.79 Å². The summed E-state index contributed by atoms with van der Waals surface area (Å²) in [6.45, 7) is 8.44. The van der Waals surface area contributed by atoms with Gasteiger partial charge in [-0.1, -0.05) is 25.6 Å². The maximum Gasteiger partial charge on any atom is 0.307 e. The molecule has 0 saturated carbocycles. The fourth-order valence-corrected chi connectivity index (χ4v) is 1.74. The highest BCUT2D eigenvalue weighted by atomic mass is 28.3. The van der Waals surface area contributed by atoms with Gasteiger partial charge in [0.05, 0.1) is 6.42 Å². The monoisotopic (exact) mass is 196 g/mol. The molecule has 0 spiro atoms. The zero-order chi connectivity index (χ0) is 10.1. The lowest BCUT2D eigenvalue weighted by Gasteiger charge is -2.15. The topological polar surface area (TPSA) is 26.3 Å². The predicted molar refractivity (Wildman–Crippen MR) is 54.9 cm³/mol. The van der Waals surface area contributed by atoms with Crippen LogP contribution in [0.3, 0.4) is 0 Å². The van der Waals surface area contributed by atoms with Crippen molar-refractivity contribution in [1.29, 1.82) is 0 Å². The van der Waals surface area contributed by atoms with Crippen LogP contribution < -0.4 is 0 Å². The average Bonchev–Trinajstić information content (AvgIpc) is 2.27. The first-order valence-electron chi connectivity index (χ1n) is 4.57. The van der Waals surface area contributed by atoms with Crippen LogP contribution in [0.1, 0.15) is 19.8 Å². The Morgan fingerprint density at radius 1 is 1.46 bits per heavy atom. The minimum absolute atomic E-state index is 0.118. The molecule has 3 heteroatoms. The second-order valence-corrected chi connectivity index (χ2v) is 9.45. The molecule has 2 nitrogen and oxygen atoms in total. The van der Waals surface area contributed by atoms with Crippen LogP contribution in [0.4, 0.5) is 0 Å². The van der Waals surface area contributed by atoms with Crippen LogP contribution in [0.15, 0.2) is 0 Å². The van der Waals surface area contributed by atoms with E-state index in [9.17, 15) is 4.79 Å². The molecule has 1 rings (SSSR count). The number of carbonyl (C=O) groups is 1. The van der Waals surface area contributed by atoms with E-state index < -0.39 is 13.7 Å². The maximum atomic E-state index is 10.9. The summed E-state index contributed by atoms with van der Waals surface area (Å²) < 4.78 is 5.15. The Balaban J connectivity index is 2.72. The van der Waals surface area contributed by atoms with Gasteiger partial charge in [-0.2, -0.15) is 0 Å². The summed E-state index contributed by atoms with van der Waals surface area (Å²) in [5.74, 6) is 2.98. The van der Waals surface area contributed by atoms with Crippen LogP contribution in [-0.4, -0.2) is 19.6 Å². The highest BCUT2D eigenvalue weighted by molar-refractivity contribution is 6.83. The molecule has 0 aliphatic carbocycles. The van der Waals surface area contributed by atoms with E-state index in [2.05, 4.69) is 31.1 Å². The fraction of sp³-hybridized carbons (Fsp3) is 0.700. The van der Waals surface area contributed by atoms with Gasteiger partial charge in [0.25, 0.3) is 0 Å². The molecule has 1 saturated heterocycles. The summed E-state index contributed by atoms with van der Waals surface area (Å²) in [5.41, 5.74) is 2.73. The van der Waals surface area contributed by atoms with Crippen molar-refractivity contribution < 1.29 is 9.53 Å². The van der Waals surface area contributed by atoms with Crippen LogP contribution in [0.5, 0.6) is 0 Å². The summed E-state index contributed by atoms with van der Waals surface area (Å²) in [6, 6.07) is 0. The number of rotatable bonds is 0. The van der Waals surface area contributed by atoms with E-state index in [0.717, 1.165) is 6.42 Å². The average molecular weight is 196 g/mol. The highest BCUT2D eigenvalue weighted by Gasteiger charge is 2.34. The van der Waals surface area contributed by atoms with E-state index in [1.807, 2.05) is 6.92 Å². The molecule has 0 aromatic heterocycles. The molecule has 72 valence electrons. The molecule has 1 unspecified atom stereocenters. The maximum absolute atomic E-state index is 10.9. The molecule has 13 heavy (non-hydrogen) atoms.